The van der Waals surface area contributed by atoms with Gasteiger partial charge in [0.25, 0.3) is 5.91 Å². The molecule has 6 nitrogen and oxygen atoms in total. The van der Waals surface area contributed by atoms with Gasteiger partial charge in [0.05, 0.1) is 12.3 Å². The van der Waals surface area contributed by atoms with Crippen molar-refractivity contribution in [3.8, 4) is 11.8 Å². The van der Waals surface area contributed by atoms with Crippen LogP contribution in [0.4, 0.5) is 5.88 Å². The van der Waals surface area contributed by atoms with Crippen LogP contribution in [0.5, 0.6) is 0 Å². The second-order valence-electron chi connectivity index (χ2n) is 3.99. The molecule has 102 valence electrons. The molecule has 0 aromatic carbocycles. The monoisotopic (exact) mass is 271 g/mol. The van der Waals surface area contributed by atoms with Crippen molar-refractivity contribution in [2.45, 2.75) is 13.3 Å². The Labute approximate surface area is 115 Å². The molecule has 2 heterocycles. The molecule has 2 N–H and O–H groups in total. The number of rotatable bonds is 3. The number of aromatic nitrogens is 2. The van der Waals surface area contributed by atoms with E-state index in [0.717, 1.165) is 0 Å². The topological polar surface area (TPSA) is 88.2 Å². The van der Waals surface area contributed by atoms with Gasteiger partial charge < -0.3 is 9.63 Å². The molecule has 0 atom stereocenters. The van der Waals surface area contributed by atoms with Crippen LogP contribution in [0.3, 0.4) is 0 Å². The molecule has 6 heteroatoms. The zero-order valence-electron chi connectivity index (χ0n) is 10.9. The molecule has 0 aliphatic carbocycles. The van der Waals surface area contributed by atoms with E-state index >= 15 is 0 Å². The van der Waals surface area contributed by atoms with Crippen molar-refractivity contribution < 1.29 is 14.4 Å². The summed E-state index contributed by atoms with van der Waals surface area (Å²) in [5, 5.41) is 14.8. The van der Waals surface area contributed by atoms with Crippen molar-refractivity contribution in [3.63, 3.8) is 0 Å². The highest BCUT2D eigenvalue weighted by Crippen LogP contribution is 2.10. The van der Waals surface area contributed by atoms with E-state index in [4.69, 9.17) is 9.63 Å². The lowest BCUT2D eigenvalue weighted by Gasteiger charge is -2.00. The average molecular weight is 271 g/mol. The molecule has 0 radical (unpaired) electrons. The van der Waals surface area contributed by atoms with Crippen LogP contribution in [0.1, 0.15) is 28.2 Å². The average Bonchev–Trinajstić information content (AvgIpc) is 2.85. The smallest absolute Gasteiger partial charge is 0.276 e. The standard InChI is InChI=1S/C14H13N3O3/c1-10-8-13(20-17-10)16-14(19)12-6-5-11(9-15-12)4-2-3-7-18/h5-6,8-9,18H,3,7H2,1H3,(H,16,19). The molecule has 0 aliphatic rings. The number of hydrogen-bond donors (Lipinski definition) is 2. The van der Waals surface area contributed by atoms with Crippen LogP contribution in [0.15, 0.2) is 28.9 Å². The van der Waals surface area contributed by atoms with Gasteiger partial charge in [-0.3, -0.25) is 10.1 Å². The molecular formula is C14H13N3O3. The molecule has 0 fully saturated rings. The number of carbonyl (C=O) groups excluding carboxylic acids is 1. The van der Waals surface area contributed by atoms with E-state index in [1.807, 2.05) is 0 Å². The number of nitrogens with one attached hydrogen (secondary N) is 1. The lowest BCUT2D eigenvalue weighted by Crippen LogP contribution is -2.13. The number of amides is 1. The molecule has 0 spiro atoms. The Morgan fingerprint density at radius 3 is 2.95 bits per heavy atom. The number of aryl methyl sites for hydroxylation is 1. The fourth-order valence-electron chi connectivity index (χ4n) is 1.42. The molecule has 20 heavy (non-hydrogen) atoms. The first-order valence-electron chi connectivity index (χ1n) is 5.99. The van der Waals surface area contributed by atoms with Gasteiger partial charge in [-0.05, 0) is 19.1 Å². The summed E-state index contributed by atoms with van der Waals surface area (Å²) in [6, 6.07) is 4.88. The Kier molecular flexibility index (Phi) is 4.47. The van der Waals surface area contributed by atoms with Gasteiger partial charge in [-0.25, -0.2) is 4.98 Å². The highest BCUT2D eigenvalue weighted by Gasteiger charge is 2.10. The summed E-state index contributed by atoms with van der Waals surface area (Å²) in [6.45, 7) is 1.79. The Morgan fingerprint density at radius 1 is 1.50 bits per heavy atom. The maximum absolute atomic E-state index is 11.9. The number of anilines is 1. The third kappa shape index (κ3) is 3.67. The van der Waals surface area contributed by atoms with E-state index in [-0.39, 0.29) is 24.1 Å². The van der Waals surface area contributed by atoms with Crippen LogP contribution in [0.25, 0.3) is 0 Å². The minimum Gasteiger partial charge on any atom is -0.395 e. The Balaban J connectivity index is 2.02. The zero-order valence-corrected chi connectivity index (χ0v) is 10.9. The van der Waals surface area contributed by atoms with Gasteiger partial charge in [0.2, 0.25) is 5.88 Å². The second-order valence-corrected chi connectivity index (χ2v) is 3.99. The summed E-state index contributed by atoms with van der Waals surface area (Å²) >= 11 is 0. The van der Waals surface area contributed by atoms with Crippen LogP contribution in [0.2, 0.25) is 0 Å². The normalized spacial score (nSPS) is 9.70. The van der Waals surface area contributed by atoms with Crippen molar-refractivity contribution in [1.29, 1.82) is 0 Å². The Bertz CT molecular complexity index is 650. The number of carbonyl (C=O) groups is 1. The van der Waals surface area contributed by atoms with Crippen LogP contribution in [0, 0.1) is 18.8 Å². The van der Waals surface area contributed by atoms with E-state index in [9.17, 15) is 4.79 Å². The van der Waals surface area contributed by atoms with Crippen molar-refractivity contribution in [1.82, 2.24) is 10.1 Å². The SMILES string of the molecule is Cc1cc(NC(=O)c2ccc(C#CCCO)cn2)on1. The minimum absolute atomic E-state index is 0.0253. The van der Waals surface area contributed by atoms with Crippen molar-refractivity contribution in [2.75, 3.05) is 11.9 Å². The largest absolute Gasteiger partial charge is 0.395 e. The summed E-state index contributed by atoms with van der Waals surface area (Å²) in [7, 11) is 0. The quantitative estimate of drug-likeness (QED) is 0.823. The molecule has 2 aromatic rings. The van der Waals surface area contributed by atoms with E-state index in [1.165, 1.54) is 6.20 Å². The van der Waals surface area contributed by atoms with Crippen LogP contribution < -0.4 is 5.32 Å². The number of hydrogen-bond acceptors (Lipinski definition) is 5. The van der Waals surface area contributed by atoms with E-state index < -0.39 is 0 Å². The first kappa shape index (κ1) is 13.8. The highest BCUT2D eigenvalue weighted by molar-refractivity contribution is 6.02. The van der Waals surface area contributed by atoms with Gasteiger partial charge >= 0.3 is 0 Å². The first-order valence-corrected chi connectivity index (χ1v) is 5.99. The molecule has 2 aromatic heterocycles. The third-order valence-electron chi connectivity index (χ3n) is 2.33. The summed E-state index contributed by atoms with van der Waals surface area (Å²) in [5.74, 6) is 5.51. The van der Waals surface area contributed by atoms with Crippen LogP contribution in [-0.4, -0.2) is 27.8 Å². The van der Waals surface area contributed by atoms with Crippen molar-refractivity contribution >= 4 is 11.8 Å². The lowest BCUT2D eigenvalue weighted by atomic mass is 10.2. The number of nitrogens with zero attached hydrogens (tertiary/aromatic N) is 2. The fraction of sp³-hybridized carbons (Fsp3) is 0.214. The van der Waals surface area contributed by atoms with Crippen LogP contribution in [-0.2, 0) is 0 Å². The summed E-state index contributed by atoms with van der Waals surface area (Å²) in [6.07, 6.45) is 1.91. The lowest BCUT2D eigenvalue weighted by molar-refractivity contribution is 0.101. The maximum atomic E-state index is 11.9. The first-order chi connectivity index (χ1) is 9.69. The maximum Gasteiger partial charge on any atom is 0.276 e. The van der Waals surface area contributed by atoms with Crippen LogP contribution >= 0.6 is 0 Å². The molecule has 1 amide bonds. The predicted molar refractivity (Wildman–Crippen MR) is 72.0 cm³/mol. The zero-order chi connectivity index (χ0) is 14.4. The van der Waals surface area contributed by atoms with E-state index in [1.54, 1.807) is 25.1 Å². The Morgan fingerprint density at radius 2 is 2.35 bits per heavy atom. The molecule has 0 bridgehead atoms. The molecule has 0 saturated heterocycles. The highest BCUT2D eigenvalue weighted by atomic mass is 16.5. The number of aliphatic hydroxyl groups is 1. The molecular weight excluding hydrogens is 258 g/mol. The van der Waals surface area contributed by atoms with Gasteiger partial charge in [0, 0.05) is 24.2 Å². The molecule has 0 saturated carbocycles. The van der Waals surface area contributed by atoms with E-state index in [2.05, 4.69) is 27.3 Å². The number of aliphatic hydroxyl groups excluding tert-OH is 1. The summed E-state index contributed by atoms with van der Waals surface area (Å²) < 4.78 is 4.89. The van der Waals surface area contributed by atoms with Crippen molar-refractivity contribution in [3.05, 3.63) is 41.3 Å². The van der Waals surface area contributed by atoms with Gasteiger partial charge in [0.15, 0.2) is 0 Å². The second kappa shape index (κ2) is 6.50. The summed E-state index contributed by atoms with van der Waals surface area (Å²) in [4.78, 5) is 15.9. The molecule has 0 unspecified atom stereocenters. The minimum atomic E-state index is -0.379. The summed E-state index contributed by atoms with van der Waals surface area (Å²) in [5.41, 5.74) is 1.63. The van der Waals surface area contributed by atoms with Gasteiger partial charge in [-0.2, -0.15) is 0 Å². The molecule has 2 rings (SSSR count). The van der Waals surface area contributed by atoms with Gasteiger partial charge in [0.1, 0.15) is 5.69 Å². The third-order valence-corrected chi connectivity index (χ3v) is 2.33. The fourth-order valence-corrected chi connectivity index (χ4v) is 1.42. The number of pyridine rings is 1. The molecule has 0 aliphatic heterocycles. The van der Waals surface area contributed by atoms with Gasteiger partial charge in [-0.1, -0.05) is 17.0 Å². The Hall–Kier alpha value is -2.65. The predicted octanol–water partition coefficient (Wildman–Crippen LogP) is 1.36. The van der Waals surface area contributed by atoms with Gasteiger partial charge in [-0.15, -0.1) is 0 Å². The van der Waals surface area contributed by atoms with E-state index in [0.29, 0.717) is 17.7 Å². The van der Waals surface area contributed by atoms with Crippen molar-refractivity contribution in [2.24, 2.45) is 0 Å².